The average molecular weight is 347 g/mol. The predicted octanol–water partition coefficient (Wildman–Crippen LogP) is 2.93. The maximum atomic E-state index is 13.8. The zero-order valence-corrected chi connectivity index (χ0v) is 13.7. The minimum Gasteiger partial charge on any atom is -0.497 e. The summed E-state index contributed by atoms with van der Waals surface area (Å²) in [5.74, 6) is -1.38. The van der Waals surface area contributed by atoms with Crippen LogP contribution in [-0.2, 0) is 4.79 Å². The van der Waals surface area contributed by atoms with Gasteiger partial charge in [-0.15, -0.1) is 0 Å². The molecule has 25 heavy (non-hydrogen) atoms. The van der Waals surface area contributed by atoms with Gasteiger partial charge in [-0.25, -0.2) is 8.78 Å². The third-order valence-corrected chi connectivity index (χ3v) is 4.43. The normalized spacial score (nSPS) is 20.0. The lowest BCUT2D eigenvalue weighted by molar-refractivity contribution is -0.122. The Hall–Kier alpha value is -2.47. The number of rotatable bonds is 6. The lowest BCUT2D eigenvalue weighted by atomic mass is 10.1. The Morgan fingerprint density at radius 1 is 1.32 bits per heavy atom. The van der Waals surface area contributed by atoms with Gasteiger partial charge in [-0.05, 0) is 53.8 Å². The van der Waals surface area contributed by atoms with Gasteiger partial charge in [0.1, 0.15) is 17.4 Å². The first kappa shape index (κ1) is 17.4. The predicted molar refractivity (Wildman–Crippen MR) is 88.2 cm³/mol. The summed E-state index contributed by atoms with van der Waals surface area (Å²) in [6.45, 7) is 0.0425. The first-order chi connectivity index (χ1) is 12.0. The molecule has 0 radical (unpaired) electrons. The van der Waals surface area contributed by atoms with Gasteiger partial charge >= 0.3 is 0 Å². The van der Waals surface area contributed by atoms with Gasteiger partial charge < -0.3 is 15.2 Å². The number of nitrogens with one attached hydrogen (secondary N) is 1. The standard InChI is InChI=1S/C19H19F2NO3/c1-25-13-4-2-3-11(7-13)18(23)10-22-19(24)16-9-14(16)15-8-12(20)5-6-17(15)21/h2-8,14,16,18,23H,9-10H2,1H3,(H,22,24). The molecule has 2 N–H and O–H groups in total. The van der Waals surface area contributed by atoms with Crippen molar-refractivity contribution in [1.82, 2.24) is 5.32 Å². The summed E-state index contributed by atoms with van der Waals surface area (Å²) >= 11 is 0. The highest BCUT2D eigenvalue weighted by Crippen LogP contribution is 2.48. The number of methoxy groups -OCH3 is 1. The number of aliphatic hydroxyl groups excluding tert-OH is 1. The third kappa shape index (κ3) is 3.96. The van der Waals surface area contributed by atoms with E-state index in [0.717, 1.165) is 18.2 Å². The molecule has 1 aliphatic carbocycles. The van der Waals surface area contributed by atoms with Crippen LogP contribution in [-0.4, -0.2) is 24.7 Å². The van der Waals surface area contributed by atoms with Crippen molar-refractivity contribution in [2.45, 2.75) is 18.4 Å². The molecule has 1 aliphatic rings. The number of aliphatic hydroxyl groups is 1. The Labute approximate surface area is 144 Å². The quantitative estimate of drug-likeness (QED) is 0.845. The van der Waals surface area contributed by atoms with Gasteiger partial charge in [0.05, 0.1) is 13.2 Å². The van der Waals surface area contributed by atoms with Crippen LogP contribution in [0.2, 0.25) is 0 Å². The van der Waals surface area contributed by atoms with Crippen molar-refractivity contribution in [3.8, 4) is 5.75 Å². The second kappa shape index (κ2) is 7.19. The summed E-state index contributed by atoms with van der Waals surface area (Å²) in [5.41, 5.74) is 0.858. The highest BCUT2D eigenvalue weighted by molar-refractivity contribution is 5.82. The van der Waals surface area contributed by atoms with Crippen LogP contribution in [0, 0.1) is 17.6 Å². The van der Waals surface area contributed by atoms with Crippen molar-refractivity contribution >= 4 is 5.91 Å². The number of amides is 1. The molecule has 0 heterocycles. The minimum atomic E-state index is -0.873. The maximum Gasteiger partial charge on any atom is 0.223 e. The summed E-state index contributed by atoms with van der Waals surface area (Å²) in [5, 5.41) is 12.8. The lowest BCUT2D eigenvalue weighted by Crippen LogP contribution is -2.30. The number of hydrogen-bond acceptors (Lipinski definition) is 3. The second-order valence-electron chi connectivity index (χ2n) is 6.15. The van der Waals surface area contributed by atoms with Crippen LogP contribution in [0.3, 0.4) is 0 Å². The molecule has 1 fully saturated rings. The van der Waals surface area contributed by atoms with Crippen molar-refractivity contribution < 1.29 is 23.4 Å². The first-order valence-electron chi connectivity index (χ1n) is 8.04. The van der Waals surface area contributed by atoms with Crippen LogP contribution in [0.1, 0.15) is 29.6 Å². The fourth-order valence-corrected chi connectivity index (χ4v) is 2.92. The molecule has 0 bridgehead atoms. The van der Waals surface area contributed by atoms with Gasteiger partial charge in [-0.2, -0.15) is 0 Å². The molecule has 1 amide bonds. The molecule has 2 aromatic carbocycles. The van der Waals surface area contributed by atoms with Gasteiger partial charge in [-0.3, -0.25) is 4.79 Å². The van der Waals surface area contributed by atoms with Gasteiger partial charge in [0.25, 0.3) is 0 Å². The highest BCUT2D eigenvalue weighted by atomic mass is 19.1. The number of carbonyl (C=O) groups excluding carboxylic acids is 1. The largest absolute Gasteiger partial charge is 0.497 e. The Bertz CT molecular complexity index is 781. The Morgan fingerprint density at radius 3 is 2.88 bits per heavy atom. The summed E-state index contributed by atoms with van der Waals surface area (Å²) < 4.78 is 32.1. The van der Waals surface area contributed by atoms with E-state index in [2.05, 4.69) is 5.32 Å². The van der Waals surface area contributed by atoms with E-state index >= 15 is 0 Å². The van der Waals surface area contributed by atoms with Crippen LogP contribution >= 0.6 is 0 Å². The number of carbonyl (C=O) groups is 1. The Morgan fingerprint density at radius 2 is 2.12 bits per heavy atom. The fraction of sp³-hybridized carbons (Fsp3) is 0.316. The molecule has 6 heteroatoms. The highest BCUT2D eigenvalue weighted by Gasteiger charge is 2.45. The molecule has 1 saturated carbocycles. The van der Waals surface area contributed by atoms with Gasteiger partial charge in [-0.1, -0.05) is 12.1 Å². The van der Waals surface area contributed by atoms with E-state index < -0.39 is 23.7 Å². The molecule has 0 saturated heterocycles. The van der Waals surface area contributed by atoms with E-state index in [1.807, 2.05) is 0 Å². The number of halogens is 2. The van der Waals surface area contributed by atoms with Crippen molar-refractivity contribution in [3.05, 3.63) is 65.2 Å². The first-order valence-corrected chi connectivity index (χ1v) is 8.04. The van der Waals surface area contributed by atoms with Crippen molar-refractivity contribution in [3.63, 3.8) is 0 Å². The molecule has 132 valence electrons. The molecular formula is C19H19F2NO3. The van der Waals surface area contributed by atoms with E-state index in [9.17, 15) is 18.7 Å². The molecule has 0 aliphatic heterocycles. The molecule has 4 nitrogen and oxygen atoms in total. The second-order valence-corrected chi connectivity index (χ2v) is 6.15. The summed E-state index contributed by atoms with van der Waals surface area (Å²) in [6.07, 6.45) is -0.399. The molecule has 3 rings (SSSR count). The van der Waals surface area contributed by atoms with Gasteiger partial charge in [0.15, 0.2) is 0 Å². The monoisotopic (exact) mass is 347 g/mol. The average Bonchev–Trinajstić information content (AvgIpc) is 3.42. The smallest absolute Gasteiger partial charge is 0.223 e. The van der Waals surface area contributed by atoms with E-state index in [4.69, 9.17) is 4.74 Å². The minimum absolute atomic E-state index is 0.0425. The van der Waals surface area contributed by atoms with Crippen LogP contribution in [0.5, 0.6) is 5.75 Å². The van der Waals surface area contributed by atoms with Crippen LogP contribution in [0.15, 0.2) is 42.5 Å². The van der Waals surface area contributed by atoms with Crippen molar-refractivity contribution in [2.24, 2.45) is 5.92 Å². The zero-order chi connectivity index (χ0) is 18.0. The van der Waals surface area contributed by atoms with Gasteiger partial charge in [0.2, 0.25) is 5.91 Å². The molecular weight excluding hydrogens is 328 g/mol. The van der Waals surface area contributed by atoms with Crippen LogP contribution in [0.4, 0.5) is 8.78 Å². The lowest BCUT2D eigenvalue weighted by Gasteiger charge is -2.13. The summed E-state index contributed by atoms with van der Waals surface area (Å²) in [7, 11) is 1.53. The van der Waals surface area contributed by atoms with E-state index in [1.54, 1.807) is 24.3 Å². The maximum absolute atomic E-state index is 13.8. The van der Waals surface area contributed by atoms with Gasteiger partial charge in [0, 0.05) is 12.5 Å². The third-order valence-electron chi connectivity index (χ3n) is 4.43. The van der Waals surface area contributed by atoms with Crippen molar-refractivity contribution in [1.29, 1.82) is 0 Å². The number of benzene rings is 2. The Kier molecular flexibility index (Phi) is 4.99. The summed E-state index contributed by atoms with van der Waals surface area (Å²) in [4.78, 5) is 12.2. The van der Waals surface area contributed by atoms with E-state index in [1.165, 1.54) is 7.11 Å². The fourth-order valence-electron chi connectivity index (χ4n) is 2.92. The molecule has 0 aromatic heterocycles. The SMILES string of the molecule is COc1cccc(C(O)CNC(=O)C2CC2c2cc(F)ccc2F)c1. The Balaban J connectivity index is 1.56. The molecule has 2 aromatic rings. The van der Waals surface area contributed by atoms with Crippen LogP contribution < -0.4 is 10.1 Å². The zero-order valence-electron chi connectivity index (χ0n) is 13.7. The molecule has 0 spiro atoms. The van der Waals surface area contributed by atoms with Crippen molar-refractivity contribution in [2.75, 3.05) is 13.7 Å². The molecule has 3 atom stereocenters. The van der Waals surface area contributed by atoms with E-state index in [-0.39, 0.29) is 23.9 Å². The number of hydrogen-bond donors (Lipinski definition) is 2. The number of ether oxygens (including phenoxy) is 1. The summed E-state index contributed by atoms with van der Waals surface area (Å²) in [6, 6.07) is 10.2. The van der Waals surface area contributed by atoms with Crippen LogP contribution in [0.25, 0.3) is 0 Å². The molecule has 3 unspecified atom stereocenters. The van der Waals surface area contributed by atoms with E-state index in [0.29, 0.717) is 17.7 Å². The topological polar surface area (TPSA) is 58.6 Å².